The van der Waals surface area contributed by atoms with E-state index < -0.39 is 21.5 Å². The number of benzene rings is 2. The smallest absolute Gasteiger partial charge is 0.266 e. The number of piperidine rings is 1. The minimum Gasteiger partial charge on any atom is -0.348 e. The number of rotatable bonds is 5. The van der Waals surface area contributed by atoms with Gasteiger partial charge in [0.2, 0.25) is 5.91 Å². The van der Waals surface area contributed by atoms with Crippen LogP contribution in [0.3, 0.4) is 0 Å². The van der Waals surface area contributed by atoms with Gasteiger partial charge in [-0.2, -0.15) is 0 Å². The number of pyridine rings is 1. The molecule has 0 bridgehead atoms. The highest BCUT2D eigenvalue weighted by Crippen LogP contribution is 2.53. The van der Waals surface area contributed by atoms with Crippen LogP contribution in [0.2, 0.25) is 5.02 Å². The molecule has 3 aromatic rings. The third kappa shape index (κ3) is 4.43. The maximum atomic E-state index is 13.8. The molecule has 198 valence electrons. The first-order chi connectivity index (χ1) is 18.1. The summed E-state index contributed by atoms with van der Waals surface area (Å²) >= 11 is 6.24. The SMILES string of the molecule is CC(=O)N1CCC2(CC1)c1cc(C(=O)NCc3ccccc3Cl)ccc1N(S(=O)(=O)c1cccnc1)C2C. The predicted octanol–water partition coefficient (Wildman–Crippen LogP) is 4.14. The van der Waals surface area contributed by atoms with Crippen molar-refractivity contribution in [3.05, 3.63) is 88.7 Å². The molecule has 5 rings (SSSR count). The van der Waals surface area contributed by atoms with Crippen LogP contribution in [0.4, 0.5) is 5.69 Å². The Labute approximate surface area is 227 Å². The molecule has 1 spiro atoms. The summed E-state index contributed by atoms with van der Waals surface area (Å²) in [5.74, 6) is -0.275. The maximum Gasteiger partial charge on any atom is 0.266 e. The summed E-state index contributed by atoms with van der Waals surface area (Å²) in [6.07, 6.45) is 4.06. The van der Waals surface area contributed by atoms with E-state index in [9.17, 15) is 18.0 Å². The zero-order valence-corrected chi connectivity index (χ0v) is 22.8. The molecule has 2 aromatic carbocycles. The van der Waals surface area contributed by atoms with Crippen LogP contribution in [-0.2, 0) is 26.8 Å². The van der Waals surface area contributed by atoms with E-state index in [0.29, 0.717) is 42.2 Å². The lowest BCUT2D eigenvalue weighted by molar-refractivity contribution is -0.130. The second-order valence-corrected chi connectivity index (χ2v) is 12.1. The van der Waals surface area contributed by atoms with E-state index in [-0.39, 0.29) is 23.3 Å². The molecular formula is C28H29ClN4O4S. The summed E-state index contributed by atoms with van der Waals surface area (Å²) in [7, 11) is -3.92. The highest BCUT2D eigenvalue weighted by atomic mass is 35.5. The minimum absolute atomic E-state index is 0.00161. The number of aromatic nitrogens is 1. The van der Waals surface area contributed by atoms with Crippen LogP contribution in [0.15, 0.2) is 71.9 Å². The average Bonchev–Trinajstić information content (AvgIpc) is 3.16. The van der Waals surface area contributed by atoms with Crippen LogP contribution in [0.25, 0.3) is 0 Å². The topological polar surface area (TPSA) is 99.7 Å². The molecule has 8 nitrogen and oxygen atoms in total. The van der Waals surface area contributed by atoms with Crippen LogP contribution in [0, 0.1) is 0 Å². The monoisotopic (exact) mass is 552 g/mol. The highest BCUT2D eigenvalue weighted by Gasteiger charge is 2.54. The third-order valence-electron chi connectivity index (χ3n) is 7.87. The van der Waals surface area contributed by atoms with Gasteiger partial charge in [-0.25, -0.2) is 8.42 Å². The zero-order chi connectivity index (χ0) is 27.1. The summed E-state index contributed by atoms with van der Waals surface area (Å²) in [4.78, 5) is 31.1. The van der Waals surface area contributed by atoms with Crippen molar-refractivity contribution in [1.82, 2.24) is 15.2 Å². The van der Waals surface area contributed by atoms with Crippen LogP contribution < -0.4 is 9.62 Å². The highest BCUT2D eigenvalue weighted by molar-refractivity contribution is 7.92. The number of halogens is 1. The molecule has 0 saturated carbocycles. The van der Waals surface area contributed by atoms with Gasteiger partial charge in [0.25, 0.3) is 15.9 Å². The number of nitrogens with zero attached hydrogens (tertiary/aromatic N) is 3. The molecule has 2 amide bonds. The molecule has 0 aliphatic carbocycles. The maximum absolute atomic E-state index is 13.8. The van der Waals surface area contributed by atoms with Crippen molar-refractivity contribution in [1.29, 1.82) is 0 Å². The van der Waals surface area contributed by atoms with Crippen LogP contribution in [-0.4, -0.2) is 49.2 Å². The Hall–Kier alpha value is -3.43. The van der Waals surface area contributed by atoms with Gasteiger partial charge in [-0.1, -0.05) is 29.8 Å². The number of hydrogen-bond acceptors (Lipinski definition) is 5. The number of carbonyl (C=O) groups excluding carboxylic acids is 2. The van der Waals surface area contributed by atoms with E-state index in [1.54, 1.807) is 36.1 Å². The quantitative estimate of drug-likeness (QED) is 0.513. The van der Waals surface area contributed by atoms with Gasteiger partial charge in [0.1, 0.15) is 4.90 Å². The molecule has 1 fully saturated rings. The van der Waals surface area contributed by atoms with Gasteiger partial charge in [-0.15, -0.1) is 0 Å². The number of anilines is 1. The Kier molecular flexibility index (Phi) is 6.92. The number of fused-ring (bicyclic) bond motifs is 2. The molecule has 1 aromatic heterocycles. The molecule has 3 heterocycles. The zero-order valence-electron chi connectivity index (χ0n) is 21.2. The standard InChI is InChI=1S/C28H29ClN4O4S/c1-19-28(11-14-32(15-12-28)20(2)34)24-16-21(27(35)31-17-22-6-3-4-8-25(22)29)9-10-26(24)33(19)38(36,37)23-7-5-13-30-18-23/h3-10,13,16,18-19H,11-12,14-15,17H2,1-2H3,(H,31,35). The van der Waals surface area contributed by atoms with Gasteiger partial charge in [-0.05, 0) is 67.3 Å². The fourth-order valence-corrected chi connectivity index (χ4v) is 7.61. The molecular weight excluding hydrogens is 524 g/mol. The van der Waals surface area contributed by atoms with Gasteiger partial charge >= 0.3 is 0 Å². The lowest BCUT2D eigenvalue weighted by Crippen LogP contribution is -2.52. The number of hydrogen-bond donors (Lipinski definition) is 1. The van der Waals surface area contributed by atoms with Crippen molar-refractivity contribution in [2.75, 3.05) is 17.4 Å². The fraction of sp³-hybridized carbons (Fsp3) is 0.321. The Morgan fingerprint density at radius 2 is 1.84 bits per heavy atom. The first kappa shape index (κ1) is 26.2. The Morgan fingerprint density at radius 1 is 1.11 bits per heavy atom. The molecule has 1 unspecified atom stereocenters. The van der Waals surface area contributed by atoms with E-state index in [1.165, 1.54) is 22.8 Å². The first-order valence-corrected chi connectivity index (χ1v) is 14.3. The van der Waals surface area contributed by atoms with Crippen molar-refractivity contribution in [3.8, 4) is 0 Å². The van der Waals surface area contributed by atoms with Crippen molar-refractivity contribution >= 4 is 39.1 Å². The van der Waals surface area contributed by atoms with Crippen molar-refractivity contribution in [2.24, 2.45) is 0 Å². The first-order valence-electron chi connectivity index (χ1n) is 12.5. The Morgan fingerprint density at radius 3 is 2.50 bits per heavy atom. The largest absolute Gasteiger partial charge is 0.348 e. The number of carbonyl (C=O) groups is 2. The van der Waals surface area contributed by atoms with Crippen LogP contribution >= 0.6 is 11.6 Å². The van der Waals surface area contributed by atoms with E-state index in [0.717, 1.165) is 11.1 Å². The van der Waals surface area contributed by atoms with E-state index in [4.69, 9.17) is 11.6 Å². The third-order valence-corrected chi connectivity index (χ3v) is 10.1. The predicted molar refractivity (Wildman–Crippen MR) is 146 cm³/mol. The fourth-order valence-electron chi connectivity index (χ4n) is 5.70. The lowest BCUT2D eigenvalue weighted by atomic mass is 9.70. The summed E-state index contributed by atoms with van der Waals surface area (Å²) < 4.78 is 29.2. The lowest BCUT2D eigenvalue weighted by Gasteiger charge is -2.43. The minimum atomic E-state index is -3.92. The molecule has 2 aliphatic heterocycles. The van der Waals surface area contributed by atoms with Gasteiger partial charge in [0.05, 0.1) is 11.7 Å². The van der Waals surface area contributed by atoms with E-state index in [1.807, 2.05) is 31.2 Å². The van der Waals surface area contributed by atoms with Gasteiger partial charge < -0.3 is 10.2 Å². The number of amides is 2. The van der Waals surface area contributed by atoms with Crippen molar-refractivity contribution in [3.63, 3.8) is 0 Å². The van der Waals surface area contributed by atoms with E-state index in [2.05, 4.69) is 10.3 Å². The van der Waals surface area contributed by atoms with Crippen LogP contribution in [0.1, 0.15) is 48.2 Å². The van der Waals surface area contributed by atoms with Crippen molar-refractivity contribution < 1.29 is 18.0 Å². The Bertz CT molecular complexity index is 1490. The molecule has 1 saturated heterocycles. The normalized spacial score (nSPS) is 18.3. The molecule has 10 heteroatoms. The van der Waals surface area contributed by atoms with Gasteiger partial charge in [-0.3, -0.25) is 18.9 Å². The molecule has 1 N–H and O–H groups in total. The second kappa shape index (κ2) is 10.0. The summed E-state index contributed by atoms with van der Waals surface area (Å²) in [6, 6.07) is 15.2. The second-order valence-electron chi connectivity index (χ2n) is 9.83. The molecule has 2 aliphatic rings. The number of nitrogens with one attached hydrogen (secondary N) is 1. The summed E-state index contributed by atoms with van der Waals surface area (Å²) in [5, 5.41) is 3.49. The summed E-state index contributed by atoms with van der Waals surface area (Å²) in [6.45, 7) is 4.76. The van der Waals surface area contributed by atoms with E-state index >= 15 is 0 Å². The van der Waals surface area contributed by atoms with Crippen LogP contribution in [0.5, 0.6) is 0 Å². The number of sulfonamides is 1. The average molecular weight is 553 g/mol. The number of likely N-dealkylation sites (tertiary alicyclic amines) is 1. The van der Waals surface area contributed by atoms with Gasteiger partial charge in [0, 0.05) is 55.0 Å². The summed E-state index contributed by atoms with van der Waals surface area (Å²) in [5.41, 5.74) is 2.07. The molecule has 38 heavy (non-hydrogen) atoms. The Balaban J connectivity index is 1.53. The van der Waals surface area contributed by atoms with Crippen molar-refractivity contribution in [2.45, 2.75) is 49.6 Å². The van der Waals surface area contributed by atoms with Gasteiger partial charge in [0.15, 0.2) is 0 Å². The molecule has 0 radical (unpaired) electrons. The molecule has 1 atom stereocenters.